The molecule has 1 N–H and O–H groups in total. The van der Waals surface area contributed by atoms with Gasteiger partial charge in [0.25, 0.3) is 0 Å². The summed E-state index contributed by atoms with van der Waals surface area (Å²) in [5, 5.41) is 3.18. The minimum atomic E-state index is -0.144. The summed E-state index contributed by atoms with van der Waals surface area (Å²) in [7, 11) is 0. The number of esters is 1. The molecule has 0 saturated carbocycles. The molecule has 0 amide bonds. The second-order valence-corrected chi connectivity index (χ2v) is 6.23. The lowest BCUT2D eigenvalue weighted by molar-refractivity contribution is -0.145. The van der Waals surface area contributed by atoms with Gasteiger partial charge in [0.2, 0.25) is 5.95 Å². The normalized spacial score (nSPS) is 12.5. The molecule has 0 spiro atoms. The second-order valence-electron chi connectivity index (χ2n) is 6.23. The summed E-state index contributed by atoms with van der Waals surface area (Å²) in [6, 6.07) is 1.92. The van der Waals surface area contributed by atoms with Crippen molar-refractivity contribution in [2.75, 3.05) is 18.5 Å². The largest absolute Gasteiger partial charge is 0.465 e. The number of carbonyl (C=O) groups is 1. The van der Waals surface area contributed by atoms with E-state index in [0.717, 1.165) is 5.69 Å². The first-order chi connectivity index (χ1) is 9.88. The molecule has 0 aliphatic heterocycles. The van der Waals surface area contributed by atoms with Crippen LogP contribution >= 0.6 is 0 Å². The number of rotatable bonds is 8. The van der Waals surface area contributed by atoms with Crippen molar-refractivity contribution in [3.05, 3.63) is 18.0 Å². The quantitative estimate of drug-likeness (QED) is 0.745. The fourth-order valence-corrected chi connectivity index (χ4v) is 1.72. The predicted octanol–water partition coefficient (Wildman–Crippen LogP) is 3.24. The highest BCUT2D eigenvalue weighted by Gasteiger charge is 2.12. The summed E-state index contributed by atoms with van der Waals surface area (Å²) < 4.78 is 5.18. The van der Waals surface area contributed by atoms with Crippen molar-refractivity contribution in [2.45, 2.75) is 47.0 Å². The zero-order chi connectivity index (χ0) is 15.8. The molecule has 1 rings (SSSR count). The maximum Gasteiger partial charge on any atom is 0.306 e. The summed E-state index contributed by atoms with van der Waals surface area (Å²) in [5.41, 5.74) is 1.01. The fraction of sp³-hybridized carbons (Fsp3) is 0.688. The molecule has 0 unspecified atom stereocenters. The number of ether oxygens (including phenoxy) is 1. The van der Waals surface area contributed by atoms with Crippen molar-refractivity contribution >= 4 is 11.9 Å². The van der Waals surface area contributed by atoms with Crippen LogP contribution in [0.25, 0.3) is 0 Å². The second kappa shape index (κ2) is 8.60. The molecule has 5 nitrogen and oxygen atoms in total. The van der Waals surface area contributed by atoms with Gasteiger partial charge < -0.3 is 10.1 Å². The van der Waals surface area contributed by atoms with Crippen LogP contribution in [0.4, 0.5) is 5.95 Å². The SMILES string of the molecule is CC(C)COC(=O)C[C@H](C)CNc1nccc(C(C)C)n1. The molecule has 0 aromatic carbocycles. The van der Waals surface area contributed by atoms with Crippen LogP contribution in [0, 0.1) is 11.8 Å². The summed E-state index contributed by atoms with van der Waals surface area (Å²) in [5.74, 6) is 1.39. The molecule has 0 fully saturated rings. The van der Waals surface area contributed by atoms with Gasteiger partial charge in [0, 0.05) is 24.9 Å². The molecule has 0 saturated heterocycles. The standard InChI is InChI=1S/C16H27N3O2/c1-11(2)10-21-15(20)8-13(5)9-18-16-17-7-6-14(19-16)12(3)4/h6-7,11-13H,8-10H2,1-5H3,(H,17,18,19)/t13-/m0/s1. The molecule has 1 aromatic rings. The Hall–Kier alpha value is -1.65. The Bertz CT molecular complexity index is 447. The van der Waals surface area contributed by atoms with Crippen molar-refractivity contribution in [3.63, 3.8) is 0 Å². The van der Waals surface area contributed by atoms with Gasteiger partial charge in [0.05, 0.1) is 6.61 Å². The van der Waals surface area contributed by atoms with Crippen LogP contribution in [0.3, 0.4) is 0 Å². The Morgan fingerprint density at radius 3 is 2.62 bits per heavy atom. The van der Waals surface area contributed by atoms with Gasteiger partial charge in [0.1, 0.15) is 0 Å². The van der Waals surface area contributed by atoms with E-state index in [2.05, 4.69) is 29.1 Å². The molecule has 5 heteroatoms. The molecule has 0 aliphatic rings. The van der Waals surface area contributed by atoms with Crippen LogP contribution in [0.5, 0.6) is 0 Å². The maximum absolute atomic E-state index is 11.6. The van der Waals surface area contributed by atoms with Crippen molar-refractivity contribution in [3.8, 4) is 0 Å². The van der Waals surface area contributed by atoms with Gasteiger partial charge in [-0.15, -0.1) is 0 Å². The number of aromatic nitrogens is 2. The zero-order valence-corrected chi connectivity index (χ0v) is 13.7. The smallest absolute Gasteiger partial charge is 0.306 e. The van der Waals surface area contributed by atoms with E-state index in [1.165, 1.54) is 0 Å². The van der Waals surface area contributed by atoms with E-state index in [1.807, 2.05) is 26.8 Å². The average molecular weight is 293 g/mol. The first kappa shape index (κ1) is 17.4. The van der Waals surface area contributed by atoms with E-state index in [0.29, 0.717) is 37.4 Å². The van der Waals surface area contributed by atoms with Gasteiger partial charge in [-0.2, -0.15) is 0 Å². The summed E-state index contributed by atoms with van der Waals surface area (Å²) in [4.78, 5) is 20.3. The first-order valence-electron chi connectivity index (χ1n) is 7.61. The number of hydrogen-bond acceptors (Lipinski definition) is 5. The number of anilines is 1. The topological polar surface area (TPSA) is 64.1 Å². The van der Waals surface area contributed by atoms with Crippen LogP contribution in [0.1, 0.15) is 52.7 Å². The van der Waals surface area contributed by atoms with Crippen molar-refractivity contribution < 1.29 is 9.53 Å². The molecule has 118 valence electrons. The van der Waals surface area contributed by atoms with Crippen molar-refractivity contribution in [2.24, 2.45) is 11.8 Å². The van der Waals surface area contributed by atoms with Gasteiger partial charge in [-0.3, -0.25) is 4.79 Å². The lowest BCUT2D eigenvalue weighted by Crippen LogP contribution is -2.19. The van der Waals surface area contributed by atoms with E-state index >= 15 is 0 Å². The van der Waals surface area contributed by atoms with Gasteiger partial charge in [-0.05, 0) is 23.8 Å². The van der Waals surface area contributed by atoms with Crippen LogP contribution in [-0.2, 0) is 9.53 Å². The van der Waals surface area contributed by atoms with Crippen LogP contribution in [-0.4, -0.2) is 29.1 Å². The highest BCUT2D eigenvalue weighted by molar-refractivity contribution is 5.69. The summed E-state index contributed by atoms with van der Waals surface area (Å²) in [6.45, 7) is 11.4. The molecule has 0 aliphatic carbocycles. The van der Waals surface area contributed by atoms with E-state index in [9.17, 15) is 4.79 Å². The lowest BCUT2D eigenvalue weighted by atomic mass is 10.1. The third-order valence-electron chi connectivity index (χ3n) is 2.97. The van der Waals surface area contributed by atoms with Gasteiger partial charge in [0.15, 0.2) is 0 Å². The highest BCUT2D eigenvalue weighted by atomic mass is 16.5. The molecular formula is C16H27N3O2. The Morgan fingerprint density at radius 1 is 1.29 bits per heavy atom. The molecular weight excluding hydrogens is 266 g/mol. The molecule has 1 heterocycles. The Labute approximate surface area is 127 Å². The maximum atomic E-state index is 11.6. The minimum absolute atomic E-state index is 0.144. The molecule has 0 bridgehead atoms. The van der Waals surface area contributed by atoms with Crippen LogP contribution in [0.15, 0.2) is 12.3 Å². The number of hydrogen-bond donors (Lipinski definition) is 1. The fourth-order valence-electron chi connectivity index (χ4n) is 1.72. The number of nitrogens with zero attached hydrogens (tertiary/aromatic N) is 2. The molecule has 1 atom stereocenters. The molecule has 1 aromatic heterocycles. The Morgan fingerprint density at radius 2 is 2.00 bits per heavy atom. The van der Waals surface area contributed by atoms with Gasteiger partial charge in [-0.25, -0.2) is 9.97 Å². The van der Waals surface area contributed by atoms with Gasteiger partial charge in [-0.1, -0.05) is 34.6 Å². The van der Waals surface area contributed by atoms with Gasteiger partial charge >= 0.3 is 5.97 Å². The highest BCUT2D eigenvalue weighted by Crippen LogP contribution is 2.12. The number of nitrogens with one attached hydrogen (secondary N) is 1. The van der Waals surface area contributed by atoms with Crippen LogP contribution < -0.4 is 5.32 Å². The average Bonchev–Trinajstić information content (AvgIpc) is 2.43. The summed E-state index contributed by atoms with van der Waals surface area (Å²) >= 11 is 0. The first-order valence-corrected chi connectivity index (χ1v) is 7.61. The third kappa shape index (κ3) is 7.06. The predicted molar refractivity (Wildman–Crippen MR) is 84.2 cm³/mol. The minimum Gasteiger partial charge on any atom is -0.465 e. The monoisotopic (exact) mass is 293 g/mol. The summed E-state index contributed by atoms with van der Waals surface area (Å²) in [6.07, 6.45) is 2.16. The Kier molecular flexibility index (Phi) is 7.12. The van der Waals surface area contributed by atoms with E-state index in [-0.39, 0.29) is 11.9 Å². The third-order valence-corrected chi connectivity index (χ3v) is 2.97. The van der Waals surface area contributed by atoms with E-state index in [4.69, 9.17) is 4.74 Å². The Balaban J connectivity index is 2.37. The van der Waals surface area contributed by atoms with E-state index in [1.54, 1.807) is 6.20 Å². The zero-order valence-electron chi connectivity index (χ0n) is 13.7. The van der Waals surface area contributed by atoms with Crippen molar-refractivity contribution in [1.29, 1.82) is 0 Å². The molecule has 21 heavy (non-hydrogen) atoms. The van der Waals surface area contributed by atoms with E-state index < -0.39 is 0 Å². The van der Waals surface area contributed by atoms with Crippen molar-refractivity contribution in [1.82, 2.24) is 9.97 Å². The number of carbonyl (C=O) groups excluding carboxylic acids is 1. The van der Waals surface area contributed by atoms with Crippen LogP contribution in [0.2, 0.25) is 0 Å². The molecule has 0 radical (unpaired) electrons. The lowest BCUT2D eigenvalue weighted by Gasteiger charge is -2.13.